The average Bonchev–Trinajstić information content (AvgIpc) is 2.46. The van der Waals surface area contributed by atoms with Gasteiger partial charge in [0.2, 0.25) is 5.91 Å². The van der Waals surface area contributed by atoms with Gasteiger partial charge in [-0.15, -0.1) is 0 Å². The number of benzene rings is 1. The van der Waals surface area contributed by atoms with Crippen LogP contribution in [0, 0.1) is 0 Å². The molecule has 0 bridgehead atoms. The fourth-order valence-electron chi connectivity index (χ4n) is 2.50. The Hall–Kier alpha value is -2.49. The van der Waals surface area contributed by atoms with Gasteiger partial charge in [-0.1, -0.05) is 6.07 Å². The zero-order valence-electron chi connectivity index (χ0n) is 12.6. The lowest BCUT2D eigenvalue weighted by Gasteiger charge is -2.40. The Balaban J connectivity index is 2.03. The van der Waals surface area contributed by atoms with E-state index >= 15 is 0 Å². The highest BCUT2D eigenvalue weighted by Gasteiger charge is 2.47. The molecule has 2 amide bonds. The molecule has 7 nitrogen and oxygen atoms in total. The number of piperazine rings is 1. The van der Waals surface area contributed by atoms with E-state index in [0.29, 0.717) is 16.3 Å². The van der Waals surface area contributed by atoms with Gasteiger partial charge in [0.1, 0.15) is 6.04 Å². The molecule has 10 heteroatoms. The van der Waals surface area contributed by atoms with Crippen LogP contribution in [0.15, 0.2) is 24.3 Å². The molecule has 24 heavy (non-hydrogen) atoms. The highest BCUT2D eigenvalue weighted by atomic mass is 19.4. The van der Waals surface area contributed by atoms with E-state index in [-0.39, 0.29) is 13.1 Å². The lowest BCUT2D eigenvalue weighted by atomic mass is 10.1. The van der Waals surface area contributed by atoms with Crippen molar-refractivity contribution in [2.24, 2.45) is 0 Å². The van der Waals surface area contributed by atoms with E-state index < -0.39 is 37.3 Å². The molecule has 0 saturated carbocycles. The first-order chi connectivity index (χ1) is 11.2. The Morgan fingerprint density at radius 2 is 2.04 bits per heavy atom. The standard InChI is InChI=1S/C14H17F3N4O3/c15-14(16,17)11-7-21(13(23)24)5-4-20(11)8-12(22)19-10-3-1-2-9(18)6-10/h1-3,6,11H,4-5,7-8,18H2,(H,19,22)(H,23,24). The lowest BCUT2D eigenvalue weighted by molar-refractivity contribution is -0.194. The third-order valence-corrected chi connectivity index (χ3v) is 3.66. The quantitative estimate of drug-likeness (QED) is 0.719. The SMILES string of the molecule is Nc1cccc(NC(=O)CN2CCN(C(=O)O)CC2C(F)(F)F)c1. The van der Waals surface area contributed by atoms with Gasteiger partial charge in [0.25, 0.3) is 0 Å². The van der Waals surface area contributed by atoms with Gasteiger partial charge in [-0.2, -0.15) is 13.2 Å². The number of nitrogens with one attached hydrogen (secondary N) is 1. The Morgan fingerprint density at radius 3 is 2.62 bits per heavy atom. The van der Waals surface area contributed by atoms with E-state index in [1.807, 2.05) is 0 Å². The van der Waals surface area contributed by atoms with Crippen LogP contribution in [0.25, 0.3) is 0 Å². The normalized spacial score (nSPS) is 19.1. The molecule has 132 valence electrons. The summed E-state index contributed by atoms with van der Waals surface area (Å²) in [5.74, 6) is -0.626. The molecule has 1 aromatic rings. The second kappa shape index (κ2) is 6.95. The van der Waals surface area contributed by atoms with Crippen LogP contribution in [-0.2, 0) is 4.79 Å². The second-order valence-corrected chi connectivity index (χ2v) is 5.43. The first-order valence-electron chi connectivity index (χ1n) is 7.11. The summed E-state index contributed by atoms with van der Waals surface area (Å²) >= 11 is 0. The first kappa shape index (κ1) is 17.9. The van der Waals surface area contributed by atoms with Crippen molar-refractivity contribution in [1.82, 2.24) is 9.80 Å². The molecule has 0 spiro atoms. The van der Waals surface area contributed by atoms with Crippen molar-refractivity contribution < 1.29 is 27.9 Å². The second-order valence-electron chi connectivity index (χ2n) is 5.43. The van der Waals surface area contributed by atoms with E-state index in [1.54, 1.807) is 18.2 Å². The van der Waals surface area contributed by atoms with E-state index in [2.05, 4.69) is 5.32 Å². The van der Waals surface area contributed by atoms with Crippen LogP contribution in [0.1, 0.15) is 0 Å². The minimum absolute atomic E-state index is 0.0898. The first-order valence-corrected chi connectivity index (χ1v) is 7.11. The van der Waals surface area contributed by atoms with Crippen LogP contribution >= 0.6 is 0 Å². The molecule has 0 aromatic heterocycles. The van der Waals surface area contributed by atoms with Crippen LogP contribution in [-0.4, -0.2) is 65.3 Å². The molecule has 1 fully saturated rings. The number of alkyl halides is 3. The van der Waals surface area contributed by atoms with Gasteiger partial charge in [-0.25, -0.2) is 4.79 Å². The van der Waals surface area contributed by atoms with Crippen LogP contribution in [0.3, 0.4) is 0 Å². The summed E-state index contributed by atoms with van der Waals surface area (Å²) in [5, 5.41) is 11.3. The van der Waals surface area contributed by atoms with Crippen LogP contribution < -0.4 is 11.1 Å². The molecule has 2 rings (SSSR count). The number of anilines is 2. The Bertz CT molecular complexity index is 624. The number of amides is 2. The number of carbonyl (C=O) groups is 2. The highest BCUT2D eigenvalue weighted by molar-refractivity contribution is 5.92. The van der Waals surface area contributed by atoms with Crippen LogP contribution in [0.5, 0.6) is 0 Å². The summed E-state index contributed by atoms with van der Waals surface area (Å²) < 4.78 is 39.4. The summed E-state index contributed by atoms with van der Waals surface area (Å²) in [6, 6.07) is 4.25. The summed E-state index contributed by atoms with van der Waals surface area (Å²) in [5.41, 5.74) is 6.36. The molecule has 1 saturated heterocycles. The molecule has 1 atom stereocenters. The number of nitrogen functional groups attached to an aromatic ring is 1. The van der Waals surface area contributed by atoms with Gasteiger partial charge >= 0.3 is 12.3 Å². The maximum Gasteiger partial charge on any atom is 0.407 e. The molecular weight excluding hydrogens is 329 g/mol. The number of hydrogen-bond acceptors (Lipinski definition) is 4. The van der Waals surface area contributed by atoms with E-state index in [0.717, 1.165) is 4.90 Å². The Morgan fingerprint density at radius 1 is 1.33 bits per heavy atom. The molecule has 1 aliphatic rings. The highest BCUT2D eigenvalue weighted by Crippen LogP contribution is 2.28. The Labute approximate surface area is 135 Å². The fraction of sp³-hybridized carbons (Fsp3) is 0.429. The van der Waals surface area contributed by atoms with Crippen molar-refractivity contribution in [3.63, 3.8) is 0 Å². The number of nitrogens with two attached hydrogens (primary N) is 1. The van der Waals surface area contributed by atoms with Crippen molar-refractivity contribution in [2.75, 3.05) is 37.2 Å². The van der Waals surface area contributed by atoms with Crippen molar-refractivity contribution in [2.45, 2.75) is 12.2 Å². The van der Waals surface area contributed by atoms with Crippen molar-refractivity contribution in [3.8, 4) is 0 Å². The van der Waals surface area contributed by atoms with E-state index in [1.165, 1.54) is 6.07 Å². The molecule has 1 unspecified atom stereocenters. The maximum atomic E-state index is 13.1. The fourth-order valence-corrected chi connectivity index (χ4v) is 2.50. The Kier molecular flexibility index (Phi) is 5.17. The van der Waals surface area contributed by atoms with Gasteiger partial charge < -0.3 is 21.1 Å². The largest absolute Gasteiger partial charge is 0.465 e. The van der Waals surface area contributed by atoms with Gasteiger partial charge in [0.05, 0.1) is 6.54 Å². The van der Waals surface area contributed by atoms with Crippen molar-refractivity contribution in [3.05, 3.63) is 24.3 Å². The van der Waals surface area contributed by atoms with E-state index in [4.69, 9.17) is 10.8 Å². The number of halogens is 3. The number of rotatable bonds is 3. The smallest absolute Gasteiger partial charge is 0.407 e. The third kappa shape index (κ3) is 4.51. The van der Waals surface area contributed by atoms with Crippen molar-refractivity contribution >= 4 is 23.4 Å². The summed E-state index contributed by atoms with van der Waals surface area (Å²) in [6.07, 6.45) is -6.04. The summed E-state index contributed by atoms with van der Waals surface area (Å²) in [4.78, 5) is 24.5. The minimum atomic E-state index is -4.63. The van der Waals surface area contributed by atoms with Gasteiger partial charge in [-0.05, 0) is 18.2 Å². The zero-order chi connectivity index (χ0) is 17.9. The molecule has 0 radical (unpaired) electrons. The van der Waals surface area contributed by atoms with Gasteiger partial charge in [0.15, 0.2) is 0 Å². The predicted molar refractivity (Wildman–Crippen MR) is 80.5 cm³/mol. The van der Waals surface area contributed by atoms with Crippen molar-refractivity contribution in [1.29, 1.82) is 0 Å². The average molecular weight is 346 g/mol. The third-order valence-electron chi connectivity index (χ3n) is 3.66. The molecule has 1 heterocycles. The topological polar surface area (TPSA) is 98.9 Å². The molecule has 4 N–H and O–H groups in total. The van der Waals surface area contributed by atoms with Gasteiger partial charge in [0, 0.05) is 31.0 Å². The maximum absolute atomic E-state index is 13.1. The van der Waals surface area contributed by atoms with Crippen LogP contribution in [0.4, 0.5) is 29.3 Å². The number of carboxylic acid groups (broad SMARTS) is 1. The number of carbonyl (C=O) groups excluding carboxylic acids is 1. The molecule has 1 aliphatic heterocycles. The zero-order valence-corrected chi connectivity index (χ0v) is 12.6. The van der Waals surface area contributed by atoms with E-state index in [9.17, 15) is 22.8 Å². The number of hydrogen-bond donors (Lipinski definition) is 3. The monoisotopic (exact) mass is 346 g/mol. The number of nitrogens with zero attached hydrogens (tertiary/aromatic N) is 2. The summed E-state index contributed by atoms with van der Waals surface area (Å²) in [6.45, 7) is -1.48. The molecule has 0 aliphatic carbocycles. The molecular formula is C14H17F3N4O3. The summed E-state index contributed by atoms with van der Waals surface area (Å²) in [7, 11) is 0. The van der Waals surface area contributed by atoms with Gasteiger partial charge in [-0.3, -0.25) is 9.69 Å². The lowest BCUT2D eigenvalue weighted by Crippen LogP contribution is -2.61. The molecule has 1 aromatic carbocycles. The minimum Gasteiger partial charge on any atom is -0.465 e. The van der Waals surface area contributed by atoms with Crippen LogP contribution in [0.2, 0.25) is 0 Å². The predicted octanol–water partition coefficient (Wildman–Crippen LogP) is 1.43.